The third-order valence-corrected chi connectivity index (χ3v) is 10.4. The van der Waals surface area contributed by atoms with Crippen molar-refractivity contribution in [1.82, 2.24) is 5.32 Å². The topological polar surface area (TPSA) is 60.5 Å². The van der Waals surface area contributed by atoms with Crippen molar-refractivity contribution in [1.29, 1.82) is 5.26 Å². The van der Waals surface area contributed by atoms with Crippen molar-refractivity contribution in [2.45, 2.75) is 25.4 Å². The van der Waals surface area contributed by atoms with Gasteiger partial charge in [-0.15, -0.1) is 0 Å². The van der Waals surface area contributed by atoms with Gasteiger partial charge in [0.15, 0.2) is 5.84 Å². The van der Waals surface area contributed by atoms with Crippen LogP contribution in [0.25, 0.3) is 44.2 Å². The molecule has 242 valence electrons. The Bertz CT molecular complexity index is 2570. The lowest BCUT2D eigenvalue weighted by Gasteiger charge is -2.25. The summed E-state index contributed by atoms with van der Waals surface area (Å²) in [4.78, 5) is 10.1. The minimum atomic E-state index is -0.314. The highest BCUT2D eigenvalue weighted by Gasteiger charge is 2.37. The molecule has 0 aromatic heterocycles. The van der Waals surface area contributed by atoms with E-state index in [1.54, 1.807) is 0 Å². The molecule has 7 aromatic carbocycles. The van der Waals surface area contributed by atoms with E-state index in [4.69, 9.17) is 9.98 Å². The summed E-state index contributed by atoms with van der Waals surface area (Å²) in [7, 11) is 0. The van der Waals surface area contributed by atoms with Crippen molar-refractivity contribution in [2.75, 3.05) is 0 Å². The molecule has 7 aromatic rings. The molecular formula is C47H34N4. The fourth-order valence-electron chi connectivity index (χ4n) is 7.82. The Morgan fingerprint density at radius 2 is 1.22 bits per heavy atom. The van der Waals surface area contributed by atoms with Crippen LogP contribution >= 0.6 is 0 Å². The van der Waals surface area contributed by atoms with Crippen LogP contribution in [0.5, 0.6) is 0 Å². The first-order chi connectivity index (χ1) is 25.0. The maximum absolute atomic E-state index is 9.60. The van der Waals surface area contributed by atoms with Crippen molar-refractivity contribution in [3.05, 3.63) is 191 Å². The molecule has 51 heavy (non-hydrogen) atoms. The van der Waals surface area contributed by atoms with E-state index in [1.165, 1.54) is 44.3 Å². The van der Waals surface area contributed by atoms with Gasteiger partial charge in [0.05, 0.1) is 11.6 Å². The summed E-state index contributed by atoms with van der Waals surface area (Å²) in [5.41, 5.74) is 13.3. The van der Waals surface area contributed by atoms with Gasteiger partial charge in [-0.05, 0) is 67.4 Å². The fraction of sp³-hybridized carbons (Fsp3) is 0.0851. The van der Waals surface area contributed by atoms with Crippen molar-refractivity contribution in [3.8, 4) is 39.4 Å². The Hall–Kier alpha value is -6.57. The highest BCUT2D eigenvalue weighted by Crippen LogP contribution is 2.52. The zero-order valence-corrected chi connectivity index (χ0v) is 28.4. The lowest BCUT2D eigenvalue weighted by Crippen LogP contribution is -2.33. The maximum Gasteiger partial charge on any atom is 0.159 e. The van der Waals surface area contributed by atoms with Gasteiger partial charge in [0.25, 0.3) is 0 Å². The molecule has 1 atom stereocenters. The van der Waals surface area contributed by atoms with Crippen LogP contribution in [0.4, 0.5) is 0 Å². The first-order valence-corrected chi connectivity index (χ1v) is 17.3. The van der Waals surface area contributed by atoms with E-state index in [-0.39, 0.29) is 11.6 Å². The predicted molar refractivity (Wildman–Crippen MR) is 209 cm³/mol. The van der Waals surface area contributed by atoms with Gasteiger partial charge in [0, 0.05) is 22.1 Å². The zero-order valence-electron chi connectivity index (χ0n) is 28.4. The molecule has 9 rings (SSSR count). The van der Waals surface area contributed by atoms with Crippen LogP contribution in [0.3, 0.4) is 0 Å². The van der Waals surface area contributed by atoms with E-state index in [9.17, 15) is 5.26 Å². The van der Waals surface area contributed by atoms with E-state index >= 15 is 0 Å². The van der Waals surface area contributed by atoms with Crippen molar-refractivity contribution in [2.24, 2.45) is 9.98 Å². The average Bonchev–Trinajstić information content (AvgIpc) is 3.43. The Balaban J connectivity index is 1.10. The predicted octanol–water partition coefficient (Wildman–Crippen LogP) is 10.8. The third kappa shape index (κ3) is 5.14. The lowest BCUT2D eigenvalue weighted by atomic mass is 9.81. The second-order valence-corrected chi connectivity index (χ2v) is 13.7. The maximum atomic E-state index is 9.60. The standard InChI is InChI=1S/C47H34N4/c1-47(2)41-21-11-17-36(43(41)40-27-22-30(29-48)28-42(40)47)32-25-23-31(24-26-32)35-16-9-19-38-37(35)18-10-20-39(38)46-50-44(33-12-5-3-6-13-33)49-45(51-46)34-14-7-4-8-15-34/h3-28,46H,1-2H3,(H,49,50,51). The molecule has 0 saturated carbocycles. The quantitative estimate of drug-likeness (QED) is 0.201. The molecule has 1 aliphatic heterocycles. The molecule has 1 heterocycles. The number of hydrogen-bond acceptors (Lipinski definition) is 4. The van der Waals surface area contributed by atoms with Crippen molar-refractivity contribution in [3.63, 3.8) is 0 Å². The van der Waals surface area contributed by atoms with E-state index in [1.807, 2.05) is 42.5 Å². The highest BCUT2D eigenvalue weighted by atomic mass is 15.2. The number of fused-ring (bicyclic) bond motifs is 4. The van der Waals surface area contributed by atoms with E-state index < -0.39 is 0 Å². The summed E-state index contributed by atoms with van der Waals surface area (Å²) in [6, 6.07) is 57.5. The Morgan fingerprint density at radius 3 is 1.96 bits per heavy atom. The molecule has 0 radical (unpaired) electrons. The number of benzene rings is 7. The molecule has 2 aliphatic rings. The Morgan fingerprint density at radius 1 is 0.569 bits per heavy atom. The van der Waals surface area contributed by atoms with E-state index in [0.717, 1.165) is 33.5 Å². The van der Waals surface area contributed by atoms with Crippen molar-refractivity contribution < 1.29 is 0 Å². The Kier molecular flexibility index (Phi) is 7.22. The van der Waals surface area contributed by atoms with Crippen LogP contribution in [-0.4, -0.2) is 11.7 Å². The largest absolute Gasteiger partial charge is 0.344 e. The number of hydrogen-bond donors (Lipinski definition) is 1. The van der Waals surface area contributed by atoms with E-state index in [2.05, 4.69) is 140 Å². The molecule has 0 amide bonds. The number of nitrogens with one attached hydrogen (secondary N) is 1. The van der Waals surface area contributed by atoms with Gasteiger partial charge in [-0.1, -0.05) is 159 Å². The molecule has 0 bridgehead atoms. The van der Waals surface area contributed by atoms with Gasteiger partial charge < -0.3 is 5.32 Å². The monoisotopic (exact) mass is 654 g/mol. The lowest BCUT2D eigenvalue weighted by molar-refractivity contribution is 0.660. The summed E-state index contributed by atoms with van der Waals surface area (Å²) >= 11 is 0. The first-order valence-electron chi connectivity index (χ1n) is 17.3. The van der Waals surface area contributed by atoms with Gasteiger partial charge in [0.2, 0.25) is 0 Å². The average molecular weight is 655 g/mol. The second kappa shape index (κ2) is 12.1. The minimum absolute atomic E-state index is 0.180. The number of nitrogens with zero attached hydrogens (tertiary/aromatic N) is 3. The smallest absolute Gasteiger partial charge is 0.159 e. The molecule has 0 saturated heterocycles. The molecule has 1 N–H and O–H groups in total. The molecular weight excluding hydrogens is 621 g/mol. The molecule has 4 nitrogen and oxygen atoms in total. The van der Waals surface area contributed by atoms with Crippen LogP contribution in [0.15, 0.2) is 168 Å². The summed E-state index contributed by atoms with van der Waals surface area (Å²) in [6.45, 7) is 4.51. The third-order valence-electron chi connectivity index (χ3n) is 10.4. The van der Waals surface area contributed by atoms with Crippen molar-refractivity contribution >= 4 is 22.4 Å². The normalized spacial score (nSPS) is 15.6. The minimum Gasteiger partial charge on any atom is -0.344 e. The van der Waals surface area contributed by atoms with Gasteiger partial charge >= 0.3 is 0 Å². The van der Waals surface area contributed by atoms with Crippen LogP contribution < -0.4 is 5.32 Å². The molecule has 0 fully saturated rings. The van der Waals surface area contributed by atoms with Crippen LogP contribution in [0.1, 0.15) is 53.4 Å². The summed E-state index contributed by atoms with van der Waals surface area (Å²) in [6.07, 6.45) is -0.314. The fourth-order valence-corrected chi connectivity index (χ4v) is 7.82. The van der Waals surface area contributed by atoms with Gasteiger partial charge in [0.1, 0.15) is 12.0 Å². The Labute approximate surface area is 298 Å². The summed E-state index contributed by atoms with van der Waals surface area (Å²) < 4.78 is 0. The number of nitriles is 1. The van der Waals surface area contributed by atoms with Crippen LogP contribution in [0, 0.1) is 11.3 Å². The molecule has 0 spiro atoms. The van der Waals surface area contributed by atoms with Gasteiger partial charge in [-0.3, -0.25) is 0 Å². The van der Waals surface area contributed by atoms with Crippen LogP contribution in [-0.2, 0) is 5.41 Å². The number of amidine groups is 2. The summed E-state index contributed by atoms with van der Waals surface area (Å²) in [5.74, 6) is 1.52. The number of aliphatic imine (C=N–C) groups is 2. The molecule has 1 aliphatic carbocycles. The second-order valence-electron chi connectivity index (χ2n) is 13.7. The van der Waals surface area contributed by atoms with Gasteiger partial charge in [-0.2, -0.15) is 5.26 Å². The molecule has 1 unspecified atom stereocenters. The first kappa shape index (κ1) is 30.5. The summed E-state index contributed by atoms with van der Waals surface area (Å²) in [5, 5.41) is 15.6. The number of rotatable bonds is 5. The van der Waals surface area contributed by atoms with E-state index in [0.29, 0.717) is 11.4 Å². The SMILES string of the molecule is CC1(C)c2cc(C#N)ccc2-c2c(-c3ccc(-c4cccc5c(C6N=C(c7ccccc7)N=C(c7ccccc7)N6)cccc45)cc3)cccc21. The molecule has 4 heteroatoms. The zero-order chi connectivity index (χ0) is 34.5. The highest BCUT2D eigenvalue weighted by molar-refractivity contribution is 6.13. The van der Waals surface area contributed by atoms with Crippen LogP contribution in [0.2, 0.25) is 0 Å². The van der Waals surface area contributed by atoms with Gasteiger partial charge in [-0.25, -0.2) is 9.98 Å².